The first-order chi connectivity index (χ1) is 13.6. The lowest BCUT2D eigenvalue weighted by Gasteiger charge is -2.13. The van der Waals surface area contributed by atoms with Gasteiger partial charge in [0.2, 0.25) is 4.88 Å². The predicted octanol–water partition coefficient (Wildman–Crippen LogP) is 5.20. The quantitative estimate of drug-likeness (QED) is 0.418. The van der Waals surface area contributed by atoms with E-state index in [-0.39, 0.29) is 0 Å². The lowest BCUT2D eigenvalue weighted by atomic mass is 10.0. The third kappa shape index (κ3) is 2.43. The molecule has 28 heavy (non-hydrogen) atoms. The number of anilines is 2. The van der Waals surface area contributed by atoms with Gasteiger partial charge >= 0.3 is 11.3 Å². The summed E-state index contributed by atoms with van der Waals surface area (Å²) in [5.74, 6) is 0. The molecule has 0 radical (unpaired) electrons. The number of urea groups is 1. The van der Waals surface area contributed by atoms with Crippen molar-refractivity contribution in [2.45, 2.75) is 0 Å². The first-order valence-electron chi connectivity index (χ1n) is 8.44. The van der Waals surface area contributed by atoms with Crippen LogP contribution >= 0.6 is 10.5 Å². The Morgan fingerprint density at radius 3 is 2.61 bits per heavy atom. The highest BCUT2D eigenvalue weighted by molar-refractivity contribution is 7.57. The molecular weight excluding hydrogens is 376 g/mol. The lowest BCUT2D eigenvalue weighted by Crippen LogP contribution is -2.23. The SMILES string of the molecule is O=C1Nc2ccnc3c2c(c(-c2cccc(-c4ccccn4)c2)[s+]3C(=O)O)N1. The van der Waals surface area contributed by atoms with Crippen molar-refractivity contribution in [3.63, 3.8) is 0 Å². The maximum atomic E-state index is 12.2. The van der Waals surface area contributed by atoms with Crippen LogP contribution in [0.1, 0.15) is 0 Å². The van der Waals surface area contributed by atoms with Gasteiger partial charge in [0.05, 0.1) is 11.4 Å². The van der Waals surface area contributed by atoms with Crippen molar-refractivity contribution in [1.82, 2.24) is 9.97 Å². The Kier molecular flexibility index (Phi) is 3.59. The zero-order chi connectivity index (χ0) is 19.3. The Bertz CT molecular complexity index is 1270. The lowest BCUT2D eigenvalue weighted by molar-refractivity contribution is 0.221. The van der Waals surface area contributed by atoms with Crippen molar-refractivity contribution < 1.29 is 14.7 Å². The highest BCUT2D eigenvalue weighted by Gasteiger charge is 2.39. The molecule has 0 spiro atoms. The molecule has 1 aromatic carbocycles. The molecular formula is C20H13N4O3S+. The van der Waals surface area contributed by atoms with Gasteiger partial charge in [0.15, 0.2) is 0 Å². The molecule has 1 aliphatic heterocycles. The Balaban J connectivity index is 1.82. The average Bonchev–Trinajstić information content (AvgIpc) is 3.04. The number of carbonyl (C=O) groups excluding carboxylic acids is 1. The number of benzene rings is 1. The van der Waals surface area contributed by atoms with E-state index >= 15 is 0 Å². The van der Waals surface area contributed by atoms with E-state index in [1.807, 2.05) is 42.5 Å². The van der Waals surface area contributed by atoms with Crippen molar-refractivity contribution in [2.24, 2.45) is 0 Å². The molecule has 4 aromatic rings. The van der Waals surface area contributed by atoms with Gasteiger partial charge in [0.1, 0.15) is 21.5 Å². The number of aromatic nitrogens is 2. The number of thiophene rings is 1. The van der Waals surface area contributed by atoms with Crippen molar-refractivity contribution in [1.29, 1.82) is 0 Å². The minimum Gasteiger partial charge on any atom is -0.437 e. The van der Waals surface area contributed by atoms with Crippen molar-refractivity contribution in [3.05, 3.63) is 60.9 Å². The van der Waals surface area contributed by atoms with Gasteiger partial charge in [-0.3, -0.25) is 4.98 Å². The molecule has 5 rings (SSSR count). The molecule has 0 aliphatic carbocycles. The minimum absolute atomic E-state index is 0.395. The molecule has 1 aliphatic rings. The van der Waals surface area contributed by atoms with Crippen LogP contribution in [0.5, 0.6) is 0 Å². The van der Waals surface area contributed by atoms with E-state index in [9.17, 15) is 14.7 Å². The third-order valence-corrected chi connectivity index (χ3v) is 6.43. The number of pyridine rings is 2. The fraction of sp³-hybridized carbons (Fsp3) is 0. The summed E-state index contributed by atoms with van der Waals surface area (Å²) in [4.78, 5) is 34.0. The Labute approximate surface area is 161 Å². The van der Waals surface area contributed by atoms with Crippen molar-refractivity contribution in [2.75, 3.05) is 10.6 Å². The first-order valence-corrected chi connectivity index (χ1v) is 9.66. The summed E-state index contributed by atoms with van der Waals surface area (Å²) < 4.78 is 0. The first kappa shape index (κ1) is 16.4. The zero-order valence-corrected chi connectivity index (χ0v) is 15.2. The summed E-state index contributed by atoms with van der Waals surface area (Å²) in [6.07, 6.45) is 3.23. The molecule has 2 amide bonds. The van der Waals surface area contributed by atoms with Crippen LogP contribution in [-0.4, -0.2) is 26.4 Å². The predicted molar refractivity (Wildman–Crippen MR) is 109 cm³/mol. The summed E-state index contributed by atoms with van der Waals surface area (Å²) in [5.41, 5.74) is 3.44. The number of carboxylic acid groups (broad SMARTS) is 1. The van der Waals surface area contributed by atoms with Gasteiger partial charge in [-0.05, 0) is 30.3 Å². The largest absolute Gasteiger partial charge is 0.554 e. The number of hydrogen-bond donors (Lipinski definition) is 3. The molecule has 4 heterocycles. The molecule has 1 unspecified atom stereocenters. The molecule has 7 nitrogen and oxygen atoms in total. The van der Waals surface area contributed by atoms with Gasteiger partial charge < -0.3 is 15.7 Å². The van der Waals surface area contributed by atoms with E-state index in [1.165, 1.54) is 6.20 Å². The molecule has 136 valence electrons. The van der Waals surface area contributed by atoms with E-state index in [2.05, 4.69) is 20.6 Å². The molecule has 3 N–H and O–H groups in total. The second-order valence-corrected chi connectivity index (χ2v) is 7.95. The maximum Gasteiger partial charge on any atom is 0.554 e. The van der Waals surface area contributed by atoms with E-state index in [4.69, 9.17) is 0 Å². The van der Waals surface area contributed by atoms with Crippen LogP contribution in [0.25, 0.3) is 31.9 Å². The van der Waals surface area contributed by atoms with Crippen LogP contribution in [0.2, 0.25) is 0 Å². The number of hydrogen-bond acceptors (Lipinski definition) is 4. The molecule has 1 atom stereocenters. The minimum atomic E-state index is -1.31. The molecule has 3 aromatic heterocycles. The van der Waals surface area contributed by atoms with Crippen LogP contribution < -0.4 is 10.6 Å². The summed E-state index contributed by atoms with van der Waals surface area (Å²) >= 11 is 0. The van der Waals surface area contributed by atoms with Gasteiger partial charge in [-0.25, -0.2) is 9.78 Å². The number of amides is 2. The van der Waals surface area contributed by atoms with Gasteiger partial charge in [-0.1, -0.05) is 18.2 Å². The topological polar surface area (TPSA) is 104 Å². The van der Waals surface area contributed by atoms with Gasteiger partial charge in [0, 0.05) is 23.5 Å². The number of carbonyl (C=O) groups is 2. The Morgan fingerprint density at radius 2 is 1.82 bits per heavy atom. The molecule has 8 heteroatoms. The molecule has 0 fully saturated rings. The maximum absolute atomic E-state index is 12.2. The molecule has 0 bridgehead atoms. The summed E-state index contributed by atoms with van der Waals surface area (Å²) in [5, 5.41) is 15.1. The van der Waals surface area contributed by atoms with E-state index in [0.717, 1.165) is 16.8 Å². The number of nitrogens with one attached hydrogen (secondary N) is 2. The van der Waals surface area contributed by atoms with Crippen LogP contribution in [0, 0.1) is 0 Å². The van der Waals surface area contributed by atoms with Crippen molar-refractivity contribution in [3.8, 4) is 21.7 Å². The number of nitrogens with zero attached hydrogens (tertiary/aromatic N) is 2. The fourth-order valence-corrected chi connectivity index (χ4v) is 5.26. The number of rotatable bonds is 3. The summed E-state index contributed by atoms with van der Waals surface area (Å²) in [6, 6.07) is 14.4. The molecule has 0 saturated heterocycles. The smallest absolute Gasteiger partial charge is 0.437 e. The van der Waals surface area contributed by atoms with Gasteiger partial charge in [-0.15, -0.1) is 0 Å². The summed E-state index contributed by atoms with van der Waals surface area (Å²) in [6.45, 7) is 0. The summed E-state index contributed by atoms with van der Waals surface area (Å²) in [7, 11) is -1.31. The van der Waals surface area contributed by atoms with Crippen LogP contribution in [0.15, 0.2) is 60.9 Å². The van der Waals surface area contributed by atoms with E-state index in [0.29, 0.717) is 26.5 Å². The van der Waals surface area contributed by atoms with Crippen LogP contribution in [-0.2, 0) is 0 Å². The Hall–Kier alpha value is -3.78. The Morgan fingerprint density at radius 1 is 0.964 bits per heavy atom. The fourth-order valence-electron chi connectivity index (χ4n) is 3.43. The van der Waals surface area contributed by atoms with Crippen molar-refractivity contribution >= 4 is 43.4 Å². The highest BCUT2D eigenvalue weighted by Crippen LogP contribution is 2.53. The van der Waals surface area contributed by atoms with Gasteiger partial charge in [-0.2, -0.15) is 4.79 Å². The van der Waals surface area contributed by atoms with Crippen LogP contribution in [0.3, 0.4) is 0 Å². The second-order valence-electron chi connectivity index (χ2n) is 6.19. The van der Waals surface area contributed by atoms with Crippen LogP contribution in [0.4, 0.5) is 21.0 Å². The third-order valence-electron chi connectivity index (χ3n) is 4.54. The van der Waals surface area contributed by atoms with E-state index < -0.39 is 21.8 Å². The standard InChI is InChI=1S/C20H12N4O3S/c25-19-23-14-7-9-22-18-15(14)16(24-19)17(28(18)20(26)27)12-5-3-4-11(10-12)13-6-1-2-8-21-13/h1-10H,(H2-,22,23,24,25,26,27)/p+1. The van der Waals surface area contributed by atoms with Gasteiger partial charge in [0.25, 0.3) is 4.83 Å². The normalized spacial score (nSPS) is 13.1. The second kappa shape index (κ2) is 6.14. The van der Waals surface area contributed by atoms with E-state index in [1.54, 1.807) is 12.3 Å². The monoisotopic (exact) mass is 389 g/mol. The zero-order valence-electron chi connectivity index (χ0n) is 14.3. The average molecular weight is 389 g/mol. The highest BCUT2D eigenvalue weighted by atomic mass is 32.2. The molecule has 0 saturated carbocycles.